The Hall–Kier alpha value is -3.13. The fourth-order valence-electron chi connectivity index (χ4n) is 4.31. The predicted molar refractivity (Wildman–Crippen MR) is 175 cm³/mol. The highest BCUT2D eigenvalue weighted by Crippen LogP contribution is 2.30. The van der Waals surface area contributed by atoms with Crippen LogP contribution in [0.3, 0.4) is 0 Å². The predicted octanol–water partition coefficient (Wildman–Crippen LogP) is 9.76. The van der Waals surface area contributed by atoms with Gasteiger partial charge in [-0.05, 0) is 71.6 Å². The maximum Gasteiger partial charge on any atom is 0.161 e. The Morgan fingerprint density at radius 2 is 1.26 bits per heavy atom. The molecule has 6 rings (SSSR count). The van der Waals surface area contributed by atoms with Crippen molar-refractivity contribution in [2.75, 3.05) is 6.54 Å². The second-order valence-electron chi connectivity index (χ2n) is 9.28. The fraction of sp³-hybridized carbons (Fsp3) is 0.182. The largest absolute Gasteiger partial charge is 0.324 e. The minimum atomic E-state index is 0.140. The summed E-state index contributed by atoms with van der Waals surface area (Å²) in [7, 11) is 0. The first-order valence-corrected chi connectivity index (χ1v) is 15.5. The van der Waals surface area contributed by atoms with E-state index in [9.17, 15) is 4.79 Å². The van der Waals surface area contributed by atoms with Crippen molar-refractivity contribution in [1.29, 1.82) is 0 Å². The summed E-state index contributed by atoms with van der Waals surface area (Å²) < 4.78 is 3.87. The summed E-state index contributed by atoms with van der Waals surface area (Å²) in [6, 6.07) is 25.4. The number of fused-ring (bicyclic) bond motifs is 3. The van der Waals surface area contributed by atoms with Crippen molar-refractivity contribution in [1.82, 2.24) is 5.32 Å². The zero-order valence-corrected chi connectivity index (χ0v) is 25.0. The number of nitrogens with one attached hydrogen (secondary N) is 1. The van der Waals surface area contributed by atoms with E-state index in [-0.39, 0.29) is 11.8 Å². The van der Waals surface area contributed by atoms with Crippen molar-refractivity contribution in [2.24, 2.45) is 5.73 Å². The van der Waals surface area contributed by atoms with Crippen LogP contribution in [0.5, 0.6) is 0 Å². The number of nitrogens with two attached hydrogens (primary N) is 1. The van der Waals surface area contributed by atoms with Crippen LogP contribution in [0.4, 0.5) is 0 Å². The Kier molecular flexibility index (Phi) is 10.2. The van der Waals surface area contributed by atoms with Gasteiger partial charge < -0.3 is 11.1 Å². The number of hydrogen-bond donors (Lipinski definition) is 2. The van der Waals surface area contributed by atoms with Gasteiger partial charge in [0.1, 0.15) is 0 Å². The Morgan fingerprint density at radius 3 is 1.79 bits per heavy atom. The molecule has 0 amide bonds. The number of benzene rings is 3. The molecule has 3 aromatic carbocycles. The van der Waals surface area contributed by atoms with E-state index in [1.54, 1.807) is 29.6 Å². The molecule has 200 valence electrons. The van der Waals surface area contributed by atoms with Crippen LogP contribution in [-0.2, 0) is 0 Å². The van der Waals surface area contributed by atoms with Crippen LogP contribution in [0, 0.1) is 0 Å². The van der Waals surface area contributed by atoms with Crippen molar-refractivity contribution in [3.05, 3.63) is 118 Å². The van der Waals surface area contributed by atoms with E-state index in [4.69, 9.17) is 5.73 Å². The smallest absolute Gasteiger partial charge is 0.161 e. The molecule has 0 saturated heterocycles. The average molecular weight is 571 g/mol. The number of carbonyl (C=O) groups is 1. The van der Waals surface area contributed by atoms with Crippen molar-refractivity contribution in [2.45, 2.75) is 32.9 Å². The highest BCUT2D eigenvalue weighted by atomic mass is 32.1. The Balaban J connectivity index is 0.000000137. The second kappa shape index (κ2) is 13.8. The van der Waals surface area contributed by atoms with Crippen molar-refractivity contribution >= 4 is 70.1 Å². The number of ketones is 1. The Morgan fingerprint density at radius 1 is 0.795 bits per heavy atom. The minimum Gasteiger partial charge on any atom is -0.324 e. The number of thiophene rings is 3. The lowest BCUT2D eigenvalue weighted by atomic mass is 10.1. The third kappa shape index (κ3) is 7.10. The summed E-state index contributed by atoms with van der Waals surface area (Å²) in [5.41, 5.74) is 9.32. The highest BCUT2D eigenvalue weighted by Gasteiger charge is 2.09. The number of rotatable bonds is 6. The molecule has 0 bridgehead atoms. The normalized spacial score (nSPS) is 12.3. The van der Waals surface area contributed by atoms with Crippen LogP contribution in [0.25, 0.3) is 30.3 Å². The summed E-state index contributed by atoms with van der Waals surface area (Å²) >= 11 is 5.19. The van der Waals surface area contributed by atoms with Crippen LogP contribution in [0.2, 0.25) is 0 Å². The topological polar surface area (TPSA) is 55.1 Å². The van der Waals surface area contributed by atoms with E-state index >= 15 is 0 Å². The van der Waals surface area contributed by atoms with Gasteiger partial charge in [0.2, 0.25) is 0 Å². The number of Topliss-reactive ketones (excluding diaryl/α,β-unsaturated/α-hetero) is 1. The van der Waals surface area contributed by atoms with E-state index in [0.717, 1.165) is 17.5 Å². The van der Waals surface area contributed by atoms with E-state index < -0.39 is 0 Å². The Labute approximate surface area is 242 Å². The molecule has 0 aliphatic heterocycles. The third-order valence-electron chi connectivity index (χ3n) is 6.41. The van der Waals surface area contributed by atoms with Crippen LogP contribution < -0.4 is 11.1 Å². The molecule has 2 unspecified atom stereocenters. The van der Waals surface area contributed by atoms with Gasteiger partial charge in [-0.2, -0.15) is 0 Å². The van der Waals surface area contributed by atoms with Gasteiger partial charge in [0.15, 0.2) is 5.78 Å². The van der Waals surface area contributed by atoms with Crippen molar-refractivity contribution < 1.29 is 4.79 Å². The first-order chi connectivity index (χ1) is 18.9. The third-order valence-corrected chi connectivity index (χ3v) is 9.33. The molecule has 6 aromatic rings. The summed E-state index contributed by atoms with van der Waals surface area (Å²) in [4.78, 5) is 11.1. The zero-order valence-electron chi connectivity index (χ0n) is 22.5. The molecule has 0 aliphatic carbocycles. The monoisotopic (exact) mass is 570 g/mol. The molecule has 6 heteroatoms. The van der Waals surface area contributed by atoms with Gasteiger partial charge in [0, 0.05) is 49.1 Å². The van der Waals surface area contributed by atoms with Gasteiger partial charge in [-0.25, -0.2) is 0 Å². The van der Waals surface area contributed by atoms with E-state index in [2.05, 4.69) is 78.1 Å². The molecule has 0 spiro atoms. The van der Waals surface area contributed by atoms with Gasteiger partial charge in [0.25, 0.3) is 0 Å². The maximum atomic E-state index is 11.1. The molecule has 0 aliphatic rings. The lowest BCUT2D eigenvalue weighted by Gasteiger charge is -2.11. The molecule has 3 nitrogen and oxygen atoms in total. The fourth-order valence-corrected chi connectivity index (χ4v) is 7.43. The zero-order chi connectivity index (χ0) is 27.8. The second-order valence-corrected chi connectivity index (χ2v) is 12.0. The van der Waals surface area contributed by atoms with E-state index in [1.807, 2.05) is 54.0 Å². The van der Waals surface area contributed by atoms with Crippen molar-refractivity contribution in [3.8, 4) is 0 Å². The highest BCUT2D eigenvalue weighted by molar-refractivity contribution is 7.18. The van der Waals surface area contributed by atoms with Gasteiger partial charge in [-0.15, -0.1) is 40.6 Å². The lowest BCUT2D eigenvalue weighted by Crippen LogP contribution is -2.17. The molecule has 3 heterocycles. The van der Waals surface area contributed by atoms with Crippen LogP contribution in [0.1, 0.15) is 54.3 Å². The summed E-state index contributed by atoms with van der Waals surface area (Å²) in [6.45, 7) is 10.4. The van der Waals surface area contributed by atoms with E-state index in [0.29, 0.717) is 6.04 Å². The average Bonchev–Trinajstić information content (AvgIpc) is 3.69. The molecule has 3 N–H and O–H groups in total. The standard InChI is InChI=1S/C13H15NS.C10H11NS.C10H8OS/c1-3-8-14-10(2)12-9-15-13-7-5-4-6-11(12)13;2*1-7(11)9-6-12-10-5-3-2-4-8(9)10/h3-7,9-10,14H,1,8H2,2H3;2-7H,11H2,1H3;2-6H,1H3. The molecule has 39 heavy (non-hydrogen) atoms. The quantitative estimate of drug-likeness (QED) is 0.155. The van der Waals surface area contributed by atoms with Crippen LogP contribution in [0.15, 0.2) is 102 Å². The summed E-state index contributed by atoms with van der Waals surface area (Å²) in [5, 5.41) is 13.5. The molecule has 0 fully saturated rings. The maximum absolute atomic E-state index is 11.1. The molecule has 2 atom stereocenters. The molecular weight excluding hydrogens is 537 g/mol. The van der Waals surface area contributed by atoms with Crippen molar-refractivity contribution in [3.63, 3.8) is 0 Å². The molecule has 0 saturated carbocycles. The summed E-state index contributed by atoms with van der Waals surface area (Å²) in [5.74, 6) is 0.146. The van der Waals surface area contributed by atoms with Gasteiger partial charge in [0.05, 0.1) is 0 Å². The first-order valence-electron chi connectivity index (χ1n) is 12.9. The van der Waals surface area contributed by atoms with Gasteiger partial charge in [-0.3, -0.25) is 4.79 Å². The van der Waals surface area contributed by atoms with Gasteiger partial charge in [-0.1, -0.05) is 60.7 Å². The van der Waals surface area contributed by atoms with Crippen LogP contribution >= 0.6 is 34.0 Å². The SMILES string of the molecule is C=CCNC(C)c1csc2ccccc12.CC(=O)c1csc2ccccc12.CC(N)c1csc2ccccc12. The lowest BCUT2D eigenvalue weighted by molar-refractivity contribution is 0.101. The van der Waals surface area contributed by atoms with Crippen LogP contribution in [-0.4, -0.2) is 12.3 Å². The summed E-state index contributed by atoms with van der Waals surface area (Å²) in [6.07, 6.45) is 1.89. The molecular formula is C33H34N2OS3. The van der Waals surface area contributed by atoms with E-state index in [1.165, 1.54) is 36.0 Å². The van der Waals surface area contributed by atoms with Gasteiger partial charge >= 0.3 is 0 Å². The number of hydrogen-bond acceptors (Lipinski definition) is 6. The first kappa shape index (κ1) is 28.9. The number of carbonyl (C=O) groups excluding carboxylic acids is 1. The molecule has 0 radical (unpaired) electrons. The minimum absolute atomic E-state index is 0.140. The molecule has 3 aromatic heterocycles. The Bertz CT molecular complexity index is 1670.